The molecule has 2 aliphatic carbocycles. The van der Waals surface area contributed by atoms with Crippen molar-refractivity contribution in [3.63, 3.8) is 0 Å². The molecule has 28 heavy (non-hydrogen) atoms. The first-order valence-corrected chi connectivity index (χ1v) is 11.0. The van der Waals surface area contributed by atoms with Crippen LogP contribution in [0.15, 0.2) is 36.4 Å². The fourth-order valence-electron chi connectivity index (χ4n) is 5.51. The molecule has 2 atom stereocenters. The summed E-state index contributed by atoms with van der Waals surface area (Å²) in [4.78, 5) is 5.16. The van der Waals surface area contributed by atoms with Crippen molar-refractivity contribution in [2.45, 2.75) is 50.6 Å². The second kappa shape index (κ2) is 7.41. The van der Waals surface area contributed by atoms with E-state index in [0.29, 0.717) is 0 Å². The zero-order valence-electron chi connectivity index (χ0n) is 16.7. The minimum absolute atomic E-state index is 0.213. The van der Waals surface area contributed by atoms with Crippen LogP contribution in [-0.4, -0.2) is 26.2 Å². The minimum atomic E-state index is 0.213. The number of piperazine rings is 1. The predicted octanol–water partition coefficient (Wildman–Crippen LogP) is 3.69. The van der Waals surface area contributed by atoms with Gasteiger partial charge in [-0.05, 0) is 72.9 Å². The Bertz CT molecular complexity index is 782. The summed E-state index contributed by atoms with van der Waals surface area (Å²) < 4.78 is 0. The van der Waals surface area contributed by atoms with E-state index in [-0.39, 0.29) is 12.1 Å². The lowest BCUT2D eigenvalue weighted by molar-refractivity contribution is 0.562. The van der Waals surface area contributed by atoms with Crippen molar-refractivity contribution in [3.8, 4) is 0 Å². The standard InChI is InChI=1S/C24H32N4/c25-21-9-1-7-19-17(21)5-3-11-23(19)27-13-15-28(16-14-27)24-12-4-6-18-20(24)8-2-10-22(18)26/h3-6,11-12,21-22H,1-2,7-10,13-16,25-26H2/t21-,22-/m1/s1. The monoisotopic (exact) mass is 376 g/mol. The topological polar surface area (TPSA) is 58.5 Å². The van der Waals surface area contributed by atoms with Crippen molar-refractivity contribution in [2.75, 3.05) is 36.0 Å². The van der Waals surface area contributed by atoms with Crippen molar-refractivity contribution in [1.29, 1.82) is 0 Å². The van der Waals surface area contributed by atoms with E-state index in [1.165, 1.54) is 59.3 Å². The van der Waals surface area contributed by atoms with E-state index in [0.717, 1.165) is 39.0 Å². The zero-order chi connectivity index (χ0) is 19.1. The lowest BCUT2D eigenvalue weighted by Gasteiger charge is -2.40. The molecule has 4 N–H and O–H groups in total. The summed E-state index contributed by atoms with van der Waals surface area (Å²) in [5.74, 6) is 0. The number of hydrogen-bond acceptors (Lipinski definition) is 4. The minimum Gasteiger partial charge on any atom is -0.368 e. The predicted molar refractivity (Wildman–Crippen MR) is 117 cm³/mol. The molecule has 1 aliphatic heterocycles. The summed E-state index contributed by atoms with van der Waals surface area (Å²) in [5, 5.41) is 0. The molecule has 3 aliphatic rings. The number of nitrogens with zero attached hydrogens (tertiary/aromatic N) is 2. The first-order valence-electron chi connectivity index (χ1n) is 11.0. The van der Waals surface area contributed by atoms with Crippen LogP contribution >= 0.6 is 0 Å². The smallest absolute Gasteiger partial charge is 0.0403 e. The molecule has 0 bridgehead atoms. The fraction of sp³-hybridized carbons (Fsp3) is 0.500. The van der Waals surface area contributed by atoms with Gasteiger partial charge < -0.3 is 21.3 Å². The first-order chi connectivity index (χ1) is 13.7. The van der Waals surface area contributed by atoms with Gasteiger partial charge in [0, 0.05) is 49.6 Å². The Kier molecular flexibility index (Phi) is 4.77. The van der Waals surface area contributed by atoms with E-state index in [1.807, 2.05) is 0 Å². The van der Waals surface area contributed by atoms with Crippen molar-refractivity contribution < 1.29 is 0 Å². The van der Waals surface area contributed by atoms with Gasteiger partial charge in [0.25, 0.3) is 0 Å². The van der Waals surface area contributed by atoms with Gasteiger partial charge in [-0.3, -0.25) is 0 Å². The van der Waals surface area contributed by atoms with E-state index in [2.05, 4.69) is 46.2 Å². The van der Waals surface area contributed by atoms with Gasteiger partial charge >= 0.3 is 0 Å². The van der Waals surface area contributed by atoms with Gasteiger partial charge in [-0.1, -0.05) is 24.3 Å². The number of rotatable bonds is 2. The second-order valence-corrected chi connectivity index (χ2v) is 8.66. The van der Waals surface area contributed by atoms with Crippen LogP contribution in [0.25, 0.3) is 0 Å². The average molecular weight is 377 g/mol. The highest BCUT2D eigenvalue weighted by molar-refractivity contribution is 5.62. The van der Waals surface area contributed by atoms with Gasteiger partial charge in [-0.2, -0.15) is 0 Å². The van der Waals surface area contributed by atoms with Crippen LogP contribution < -0.4 is 21.3 Å². The third kappa shape index (κ3) is 3.09. The third-order valence-corrected chi connectivity index (χ3v) is 7.02. The molecule has 4 heteroatoms. The Balaban J connectivity index is 1.36. The summed E-state index contributed by atoms with van der Waals surface area (Å²) in [6.45, 7) is 4.28. The number of benzene rings is 2. The van der Waals surface area contributed by atoms with Crippen molar-refractivity contribution >= 4 is 11.4 Å². The molecule has 0 amide bonds. The summed E-state index contributed by atoms with van der Waals surface area (Å²) in [6.07, 6.45) is 6.99. The maximum atomic E-state index is 6.38. The van der Waals surface area contributed by atoms with Gasteiger partial charge in [-0.25, -0.2) is 0 Å². The average Bonchev–Trinajstić information content (AvgIpc) is 2.74. The van der Waals surface area contributed by atoms with Gasteiger partial charge in [0.1, 0.15) is 0 Å². The molecule has 2 aromatic carbocycles. The molecule has 0 unspecified atom stereocenters. The maximum Gasteiger partial charge on any atom is 0.0403 e. The van der Waals surface area contributed by atoms with E-state index in [1.54, 1.807) is 0 Å². The molecular formula is C24H32N4. The Hall–Kier alpha value is -2.04. The Morgan fingerprint density at radius 1 is 0.643 bits per heavy atom. The number of fused-ring (bicyclic) bond motifs is 2. The molecular weight excluding hydrogens is 344 g/mol. The lowest BCUT2D eigenvalue weighted by Crippen LogP contribution is -2.47. The molecule has 5 rings (SSSR count). The van der Waals surface area contributed by atoms with Gasteiger partial charge in [0.15, 0.2) is 0 Å². The molecule has 4 nitrogen and oxygen atoms in total. The normalized spacial score (nSPS) is 24.6. The molecule has 148 valence electrons. The van der Waals surface area contributed by atoms with Gasteiger partial charge in [0.2, 0.25) is 0 Å². The summed E-state index contributed by atoms with van der Waals surface area (Å²) >= 11 is 0. The van der Waals surface area contributed by atoms with E-state index in [4.69, 9.17) is 11.5 Å². The molecule has 0 spiro atoms. The molecule has 1 heterocycles. The van der Waals surface area contributed by atoms with Crippen LogP contribution in [0.3, 0.4) is 0 Å². The second-order valence-electron chi connectivity index (χ2n) is 8.66. The molecule has 2 aromatic rings. The van der Waals surface area contributed by atoms with Crippen LogP contribution in [0.2, 0.25) is 0 Å². The van der Waals surface area contributed by atoms with E-state index in [9.17, 15) is 0 Å². The molecule has 0 aromatic heterocycles. The largest absolute Gasteiger partial charge is 0.368 e. The Morgan fingerprint density at radius 3 is 1.50 bits per heavy atom. The van der Waals surface area contributed by atoms with E-state index < -0.39 is 0 Å². The summed E-state index contributed by atoms with van der Waals surface area (Å²) in [5.41, 5.74) is 21.3. The molecule has 0 saturated carbocycles. The first kappa shape index (κ1) is 18.0. The van der Waals surface area contributed by atoms with Crippen LogP contribution in [0.5, 0.6) is 0 Å². The lowest BCUT2D eigenvalue weighted by atomic mass is 9.86. The highest BCUT2D eigenvalue weighted by Gasteiger charge is 2.26. The Morgan fingerprint density at radius 2 is 1.07 bits per heavy atom. The fourth-order valence-corrected chi connectivity index (χ4v) is 5.51. The van der Waals surface area contributed by atoms with Crippen LogP contribution in [0, 0.1) is 0 Å². The van der Waals surface area contributed by atoms with Crippen LogP contribution in [0.4, 0.5) is 11.4 Å². The van der Waals surface area contributed by atoms with E-state index >= 15 is 0 Å². The van der Waals surface area contributed by atoms with Crippen molar-refractivity contribution in [3.05, 3.63) is 58.7 Å². The zero-order valence-corrected chi connectivity index (χ0v) is 16.7. The number of anilines is 2. The van der Waals surface area contributed by atoms with Crippen molar-refractivity contribution in [1.82, 2.24) is 0 Å². The Labute approximate surface area is 168 Å². The summed E-state index contributed by atoms with van der Waals surface area (Å²) in [6, 6.07) is 13.9. The highest BCUT2D eigenvalue weighted by atomic mass is 15.3. The quantitative estimate of drug-likeness (QED) is 0.839. The number of hydrogen-bond donors (Lipinski definition) is 2. The SMILES string of the molecule is N[C@@H]1CCCc2c1cccc2N1CCN(c2cccc3c2CCC[C@H]3N)CC1. The third-order valence-electron chi connectivity index (χ3n) is 7.02. The molecule has 1 saturated heterocycles. The number of nitrogens with two attached hydrogens (primary N) is 2. The maximum absolute atomic E-state index is 6.38. The summed E-state index contributed by atoms with van der Waals surface area (Å²) in [7, 11) is 0. The van der Waals surface area contributed by atoms with Gasteiger partial charge in [0.05, 0.1) is 0 Å². The van der Waals surface area contributed by atoms with Gasteiger partial charge in [-0.15, -0.1) is 0 Å². The molecule has 0 radical (unpaired) electrons. The van der Waals surface area contributed by atoms with Crippen molar-refractivity contribution in [2.24, 2.45) is 11.5 Å². The molecule has 1 fully saturated rings. The van der Waals surface area contributed by atoms with Crippen LogP contribution in [0.1, 0.15) is 60.0 Å². The van der Waals surface area contributed by atoms with Crippen LogP contribution in [-0.2, 0) is 12.8 Å². The highest BCUT2D eigenvalue weighted by Crippen LogP contribution is 2.37.